The largest absolute Gasteiger partial charge is 0.472 e. The van der Waals surface area contributed by atoms with Gasteiger partial charge < -0.3 is 14.1 Å². The first-order valence-corrected chi connectivity index (χ1v) is 9.60. The van der Waals surface area contributed by atoms with E-state index in [9.17, 15) is 4.79 Å². The highest BCUT2D eigenvalue weighted by atomic mass is 32.1. The third-order valence-corrected chi connectivity index (χ3v) is 5.41. The van der Waals surface area contributed by atoms with Gasteiger partial charge in [0.1, 0.15) is 17.0 Å². The molecule has 3 heterocycles. The van der Waals surface area contributed by atoms with E-state index in [1.54, 1.807) is 12.5 Å². The minimum Gasteiger partial charge on any atom is -0.472 e. The highest BCUT2D eigenvalue weighted by Crippen LogP contribution is 2.25. The van der Waals surface area contributed by atoms with Crippen molar-refractivity contribution in [2.45, 2.75) is 18.9 Å². The van der Waals surface area contributed by atoms with Crippen LogP contribution in [-0.4, -0.2) is 41.6 Å². The standard InChI is InChI=1S/C20H20N2O3S/c23-20(18-14-26-19(21-18)16-8-10-24-13-16)22-9-11-25-17(12-22)7-6-15-4-2-1-3-5-15/h1-5,8,10,13-14,17H,6-7,9,11-12H2/t17-/m1/s1. The summed E-state index contributed by atoms with van der Waals surface area (Å²) < 4.78 is 10.9. The van der Waals surface area contributed by atoms with Gasteiger partial charge >= 0.3 is 0 Å². The lowest BCUT2D eigenvalue weighted by atomic mass is 10.1. The maximum absolute atomic E-state index is 12.8. The molecule has 0 N–H and O–H groups in total. The maximum Gasteiger partial charge on any atom is 0.273 e. The summed E-state index contributed by atoms with van der Waals surface area (Å²) in [6.07, 6.45) is 5.18. The van der Waals surface area contributed by atoms with Crippen LogP contribution in [0.1, 0.15) is 22.5 Å². The predicted octanol–water partition coefficient (Wildman–Crippen LogP) is 3.88. The number of carbonyl (C=O) groups excluding carboxylic acids is 1. The Kier molecular flexibility index (Phi) is 5.13. The van der Waals surface area contributed by atoms with Gasteiger partial charge in [0.25, 0.3) is 5.91 Å². The third-order valence-electron chi connectivity index (χ3n) is 4.52. The molecule has 0 saturated carbocycles. The first kappa shape index (κ1) is 17.0. The van der Waals surface area contributed by atoms with Gasteiger partial charge in [-0.3, -0.25) is 4.79 Å². The lowest BCUT2D eigenvalue weighted by molar-refractivity contribution is -0.0247. The van der Waals surface area contributed by atoms with Crippen LogP contribution < -0.4 is 0 Å². The highest BCUT2D eigenvalue weighted by Gasteiger charge is 2.26. The molecule has 3 aromatic rings. The van der Waals surface area contributed by atoms with E-state index in [0.717, 1.165) is 23.4 Å². The second-order valence-corrected chi connectivity index (χ2v) is 7.18. The number of carbonyl (C=O) groups is 1. The van der Waals surface area contributed by atoms with Crippen LogP contribution in [0.3, 0.4) is 0 Å². The van der Waals surface area contributed by atoms with Crippen molar-refractivity contribution in [1.82, 2.24) is 9.88 Å². The Morgan fingerprint density at radius 3 is 2.96 bits per heavy atom. The Morgan fingerprint density at radius 1 is 1.27 bits per heavy atom. The number of aromatic nitrogens is 1. The molecule has 1 aliphatic heterocycles. The van der Waals surface area contributed by atoms with Crippen molar-refractivity contribution in [3.05, 3.63) is 65.6 Å². The summed E-state index contributed by atoms with van der Waals surface area (Å²) in [5.41, 5.74) is 2.69. The first-order valence-electron chi connectivity index (χ1n) is 8.72. The molecule has 5 nitrogen and oxygen atoms in total. The van der Waals surface area contributed by atoms with Crippen molar-refractivity contribution in [2.24, 2.45) is 0 Å². The van der Waals surface area contributed by atoms with Gasteiger partial charge in [0, 0.05) is 24.0 Å². The number of rotatable bonds is 5. The van der Waals surface area contributed by atoms with E-state index in [2.05, 4.69) is 17.1 Å². The Bertz CT molecular complexity index is 845. The van der Waals surface area contributed by atoms with Crippen molar-refractivity contribution in [1.29, 1.82) is 0 Å². The third kappa shape index (κ3) is 3.86. The minimum absolute atomic E-state index is 0.0241. The zero-order chi connectivity index (χ0) is 17.8. The zero-order valence-corrected chi connectivity index (χ0v) is 15.2. The van der Waals surface area contributed by atoms with Crippen LogP contribution in [0.4, 0.5) is 0 Å². The number of hydrogen-bond acceptors (Lipinski definition) is 5. The molecule has 0 aliphatic carbocycles. The molecule has 1 atom stereocenters. The smallest absolute Gasteiger partial charge is 0.273 e. The van der Waals surface area contributed by atoms with E-state index >= 15 is 0 Å². The Hall–Kier alpha value is -2.44. The zero-order valence-electron chi connectivity index (χ0n) is 14.3. The molecular formula is C20H20N2O3S. The van der Waals surface area contributed by atoms with Gasteiger partial charge in [0.15, 0.2) is 0 Å². The van der Waals surface area contributed by atoms with Gasteiger partial charge in [-0.1, -0.05) is 30.3 Å². The first-order chi connectivity index (χ1) is 12.8. The van der Waals surface area contributed by atoms with Gasteiger partial charge in [-0.2, -0.15) is 0 Å². The number of morpholine rings is 1. The van der Waals surface area contributed by atoms with E-state index in [1.807, 2.05) is 34.5 Å². The molecular weight excluding hydrogens is 348 g/mol. The number of nitrogens with zero attached hydrogens (tertiary/aromatic N) is 2. The summed E-state index contributed by atoms with van der Waals surface area (Å²) in [5, 5.41) is 2.62. The quantitative estimate of drug-likeness (QED) is 0.686. The van der Waals surface area contributed by atoms with Gasteiger partial charge in [-0.15, -0.1) is 11.3 Å². The molecule has 0 radical (unpaired) electrons. The molecule has 0 spiro atoms. The highest BCUT2D eigenvalue weighted by molar-refractivity contribution is 7.13. The van der Waals surface area contributed by atoms with E-state index < -0.39 is 0 Å². The fourth-order valence-corrected chi connectivity index (χ4v) is 3.88. The second-order valence-electron chi connectivity index (χ2n) is 6.32. The summed E-state index contributed by atoms with van der Waals surface area (Å²) in [4.78, 5) is 19.1. The molecule has 2 aromatic heterocycles. The van der Waals surface area contributed by atoms with Crippen LogP contribution in [0.2, 0.25) is 0 Å². The Morgan fingerprint density at radius 2 is 2.15 bits per heavy atom. The van der Waals surface area contributed by atoms with E-state index in [0.29, 0.717) is 25.4 Å². The molecule has 26 heavy (non-hydrogen) atoms. The topological polar surface area (TPSA) is 55.6 Å². The van der Waals surface area contributed by atoms with Crippen molar-refractivity contribution in [2.75, 3.05) is 19.7 Å². The van der Waals surface area contributed by atoms with Crippen LogP contribution in [-0.2, 0) is 11.2 Å². The maximum atomic E-state index is 12.8. The molecule has 6 heteroatoms. The molecule has 1 aliphatic rings. The van der Waals surface area contributed by atoms with Gasteiger partial charge in [-0.05, 0) is 24.5 Å². The molecule has 134 valence electrons. The molecule has 0 unspecified atom stereocenters. The monoisotopic (exact) mass is 368 g/mol. The number of amides is 1. The number of furan rings is 1. The van der Waals surface area contributed by atoms with E-state index in [4.69, 9.17) is 9.15 Å². The van der Waals surface area contributed by atoms with Crippen LogP contribution in [0.25, 0.3) is 10.6 Å². The fraction of sp³-hybridized carbons (Fsp3) is 0.300. The SMILES string of the molecule is O=C(c1csc(-c2ccoc2)n1)N1CCO[C@H](CCc2ccccc2)C1. The number of benzene rings is 1. The number of thiazole rings is 1. The molecule has 1 fully saturated rings. The predicted molar refractivity (Wildman–Crippen MR) is 100 cm³/mol. The summed E-state index contributed by atoms with van der Waals surface area (Å²) in [5.74, 6) is -0.0241. The lowest BCUT2D eigenvalue weighted by Gasteiger charge is -2.32. The number of aryl methyl sites for hydroxylation is 1. The number of hydrogen-bond donors (Lipinski definition) is 0. The van der Waals surface area contributed by atoms with Crippen LogP contribution in [0.15, 0.2) is 58.7 Å². The lowest BCUT2D eigenvalue weighted by Crippen LogP contribution is -2.45. The summed E-state index contributed by atoms with van der Waals surface area (Å²) in [6.45, 7) is 1.80. The molecule has 1 aromatic carbocycles. The number of ether oxygens (including phenoxy) is 1. The van der Waals surface area contributed by atoms with Gasteiger partial charge in [0.05, 0.1) is 19.0 Å². The summed E-state index contributed by atoms with van der Waals surface area (Å²) >= 11 is 1.46. The Labute approximate surface area is 156 Å². The van der Waals surface area contributed by atoms with E-state index in [1.165, 1.54) is 16.9 Å². The van der Waals surface area contributed by atoms with Crippen molar-refractivity contribution >= 4 is 17.2 Å². The Balaban J connectivity index is 1.37. The van der Waals surface area contributed by atoms with Crippen LogP contribution >= 0.6 is 11.3 Å². The summed E-state index contributed by atoms with van der Waals surface area (Å²) in [6, 6.07) is 12.2. The van der Waals surface area contributed by atoms with Gasteiger partial charge in [-0.25, -0.2) is 4.98 Å². The molecule has 0 bridgehead atoms. The van der Waals surface area contributed by atoms with Crippen molar-refractivity contribution < 1.29 is 13.9 Å². The average molecular weight is 368 g/mol. The minimum atomic E-state index is -0.0241. The van der Waals surface area contributed by atoms with Crippen molar-refractivity contribution in [3.8, 4) is 10.6 Å². The normalized spacial score (nSPS) is 17.4. The fourth-order valence-electron chi connectivity index (χ4n) is 3.10. The van der Waals surface area contributed by atoms with Crippen molar-refractivity contribution in [3.63, 3.8) is 0 Å². The average Bonchev–Trinajstić information content (AvgIpc) is 3.38. The summed E-state index contributed by atoms with van der Waals surface area (Å²) in [7, 11) is 0. The van der Waals surface area contributed by atoms with E-state index in [-0.39, 0.29) is 12.0 Å². The van der Waals surface area contributed by atoms with Crippen LogP contribution in [0.5, 0.6) is 0 Å². The van der Waals surface area contributed by atoms with Crippen LogP contribution in [0, 0.1) is 0 Å². The molecule has 1 saturated heterocycles. The molecule has 4 rings (SSSR count). The second kappa shape index (κ2) is 7.85. The molecule has 1 amide bonds. The van der Waals surface area contributed by atoms with Gasteiger partial charge in [0.2, 0.25) is 0 Å².